The van der Waals surface area contributed by atoms with E-state index in [1.807, 2.05) is 62.5 Å². The molecule has 0 aliphatic rings. The Kier molecular flexibility index (Phi) is 6.26. The molecule has 0 bridgehead atoms. The van der Waals surface area contributed by atoms with Crippen LogP contribution in [0.3, 0.4) is 0 Å². The van der Waals surface area contributed by atoms with Crippen LogP contribution >= 0.6 is 11.3 Å². The van der Waals surface area contributed by atoms with Gasteiger partial charge in [-0.2, -0.15) is 0 Å². The maximum atomic E-state index is 12.3. The Labute approximate surface area is 168 Å². The maximum absolute atomic E-state index is 12.3. The number of carbonyl (C=O) groups is 2. The minimum absolute atomic E-state index is 0.0223. The minimum atomic E-state index is -0.119. The van der Waals surface area contributed by atoms with E-state index in [0.29, 0.717) is 23.9 Å². The first-order valence-electron chi connectivity index (χ1n) is 9.09. The van der Waals surface area contributed by atoms with Gasteiger partial charge in [-0.05, 0) is 36.1 Å². The number of anilines is 1. The van der Waals surface area contributed by atoms with Crippen molar-refractivity contribution in [1.29, 1.82) is 0 Å². The number of thiophene rings is 1. The van der Waals surface area contributed by atoms with Gasteiger partial charge in [0.05, 0.1) is 17.0 Å². The Balaban J connectivity index is 1.53. The number of benzene rings is 1. The van der Waals surface area contributed by atoms with Gasteiger partial charge in [-0.3, -0.25) is 9.59 Å². The summed E-state index contributed by atoms with van der Waals surface area (Å²) in [6, 6.07) is 11.3. The number of hydrogen-bond acceptors (Lipinski definition) is 5. The molecule has 2 heterocycles. The van der Waals surface area contributed by atoms with Crippen LogP contribution in [0, 0.1) is 12.8 Å². The van der Waals surface area contributed by atoms with E-state index in [-0.39, 0.29) is 24.2 Å². The standard InChI is InChI=1S/C21H23N3O3S/c1-13(2)20(26)23-16-8-6-15(7-9-16)12-22-19(25)11-17-14(3)27-21(24-17)18-5-4-10-28-18/h4-10,13H,11-12H2,1-3H3,(H,22,25)(H,23,26). The van der Waals surface area contributed by atoms with E-state index in [2.05, 4.69) is 15.6 Å². The number of amides is 2. The highest BCUT2D eigenvalue weighted by atomic mass is 32.1. The van der Waals surface area contributed by atoms with Crippen molar-refractivity contribution < 1.29 is 14.0 Å². The Hall–Kier alpha value is -2.93. The molecule has 2 aromatic heterocycles. The summed E-state index contributed by atoms with van der Waals surface area (Å²) >= 11 is 1.55. The molecule has 0 saturated carbocycles. The fourth-order valence-electron chi connectivity index (χ4n) is 2.51. The Morgan fingerprint density at radius 2 is 1.93 bits per heavy atom. The highest BCUT2D eigenvalue weighted by Gasteiger charge is 2.15. The summed E-state index contributed by atoms with van der Waals surface area (Å²) in [6.45, 7) is 5.92. The van der Waals surface area contributed by atoms with E-state index in [0.717, 1.165) is 16.1 Å². The van der Waals surface area contributed by atoms with Crippen LogP contribution in [0.4, 0.5) is 5.69 Å². The van der Waals surface area contributed by atoms with Gasteiger partial charge < -0.3 is 15.1 Å². The van der Waals surface area contributed by atoms with Crippen molar-refractivity contribution in [3.8, 4) is 10.8 Å². The molecule has 2 amide bonds. The van der Waals surface area contributed by atoms with Gasteiger partial charge in [0, 0.05) is 18.2 Å². The van der Waals surface area contributed by atoms with E-state index in [4.69, 9.17) is 4.42 Å². The normalized spacial score (nSPS) is 10.9. The first kappa shape index (κ1) is 19.8. The topological polar surface area (TPSA) is 84.2 Å². The van der Waals surface area contributed by atoms with Gasteiger partial charge in [0.1, 0.15) is 5.76 Å². The van der Waals surface area contributed by atoms with Gasteiger partial charge in [0.25, 0.3) is 0 Å². The number of oxazole rings is 1. The largest absolute Gasteiger partial charge is 0.440 e. The molecule has 0 aliphatic heterocycles. The summed E-state index contributed by atoms with van der Waals surface area (Å²) < 4.78 is 5.67. The summed E-state index contributed by atoms with van der Waals surface area (Å²) in [4.78, 5) is 29.4. The van der Waals surface area contributed by atoms with Crippen molar-refractivity contribution in [3.63, 3.8) is 0 Å². The summed E-state index contributed by atoms with van der Waals surface area (Å²) in [5, 5.41) is 7.69. The smallest absolute Gasteiger partial charge is 0.236 e. The Bertz CT molecular complexity index is 944. The molecule has 0 fully saturated rings. The summed E-state index contributed by atoms with van der Waals surface area (Å²) in [7, 11) is 0. The monoisotopic (exact) mass is 397 g/mol. The van der Waals surface area contributed by atoms with Gasteiger partial charge in [-0.15, -0.1) is 11.3 Å². The van der Waals surface area contributed by atoms with E-state index < -0.39 is 0 Å². The van der Waals surface area contributed by atoms with Gasteiger partial charge in [0.15, 0.2) is 0 Å². The van der Waals surface area contributed by atoms with Crippen molar-refractivity contribution in [2.45, 2.75) is 33.7 Å². The summed E-state index contributed by atoms with van der Waals surface area (Å²) in [5.41, 5.74) is 2.34. The number of nitrogens with zero attached hydrogens (tertiary/aromatic N) is 1. The number of aryl methyl sites for hydroxylation is 1. The van der Waals surface area contributed by atoms with Crippen molar-refractivity contribution in [1.82, 2.24) is 10.3 Å². The van der Waals surface area contributed by atoms with Crippen LogP contribution in [-0.4, -0.2) is 16.8 Å². The van der Waals surface area contributed by atoms with E-state index in [9.17, 15) is 9.59 Å². The molecule has 3 aromatic rings. The van der Waals surface area contributed by atoms with Crippen LogP contribution in [0.1, 0.15) is 30.9 Å². The third-order valence-electron chi connectivity index (χ3n) is 4.19. The highest BCUT2D eigenvalue weighted by molar-refractivity contribution is 7.13. The molecular weight excluding hydrogens is 374 g/mol. The molecule has 0 aliphatic carbocycles. The number of carbonyl (C=O) groups excluding carboxylic acids is 2. The lowest BCUT2D eigenvalue weighted by molar-refractivity contribution is -0.120. The van der Waals surface area contributed by atoms with Gasteiger partial charge in [-0.1, -0.05) is 32.0 Å². The lowest BCUT2D eigenvalue weighted by atomic mass is 10.1. The molecule has 2 N–H and O–H groups in total. The van der Waals surface area contributed by atoms with E-state index in [1.165, 1.54) is 0 Å². The molecule has 146 valence electrons. The SMILES string of the molecule is Cc1oc(-c2cccs2)nc1CC(=O)NCc1ccc(NC(=O)C(C)C)cc1. The lowest BCUT2D eigenvalue weighted by Crippen LogP contribution is -2.25. The molecule has 6 nitrogen and oxygen atoms in total. The minimum Gasteiger partial charge on any atom is -0.440 e. The number of hydrogen-bond donors (Lipinski definition) is 2. The van der Waals surface area contributed by atoms with Crippen LogP contribution < -0.4 is 10.6 Å². The predicted octanol–water partition coefficient (Wildman–Crippen LogP) is 4.16. The second-order valence-corrected chi connectivity index (χ2v) is 7.74. The van der Waals surface area contributed by atoms with Gasteiger partial charge >= 0.3 is 0 Å². The predicted molar refractivity (Wildman–Crippen MR) is 110 cm³/mol. The quantitative estimate of drug-likeness (QED) is 0.627. The molecule has 3 rings (SSSR count). The fourth-order valence-corrected chi connectivity index (χ4v) is 3.15. The van der Waals surface area contributed by atoms with Crippen molar-refractivity contribution in [3.05, 3.63) is 58.8 Å². The zero-order chi connectivity index (χ0) is 20.1. The van der Waals surface area contributed by atoms with Crippen LogP contribution in [0.25, 0.3) is 10.8 Å². The van der Waals surface area contributed by atoms with Gasteiger partial charge in [-0.25, -0.2) is 4.98 Å². The van der Waals surface area contributed by atoms with Crippen LogP contribution in [-0.2, 0) is 22.6 Å². The fraction of sp³-hybridized carbons (Fsp3) is 0.286. The van der Waals surface area contributed by atoms with Gasteiger partial charge in [0.2, 0.25) is 17.7 Å². The Morgan fingerprint density at radius 3 is 2.57 bits per heavy atom. The molecule has 28 heavy (non-hydrogen) atoms. The third-order valence-corrected chi connectivity index (χ3v) is 5.05. The van der Waals surface area contributed by atoms with E-state index >= 15 is 0 Å². The molecule has 0 radical (unpaired) electrons. The van der Waals surface area contributed by atoms with Crippen molar-refractivity contribution in [2.75, 3.05) is 5.32 Å². The second kappa shape index (κ2) is 8.84. The zero-order valence-corrected chi connectivity index (χ0v) is 16.9. The second-order valence-electron chi connectivity index (χ2n) is 6.79. The molecule has 1 aromatic carbocycles. The summed E-state index contributed by atoms with van der Waals surface area (Å²) in [5.74, 6) is 0.995. The molecule has 0 atom stereocenters. The first-order valence-corrected chi connectivity index (χ1v) is 9.97. The first-order chi connectivity index (χ1) is 13.4. The van der Waals surface area contributed by atoms with Crippen LogP contribution in [0.15, 0.2) is 46.2 Å². The number of nitrogens with one attached hydrogen (secondary N) is 2. The zero-order valence-electron chi connectivity index (χ0n) is 16.1. The third kappa shape index (κ3) is 5.07. The van der Waals surface area contributed by atoms with Crippen molar-refractivity contribution >= 4 is 28.8 Å². The maximum Gasteiger partial charge on any atom is 0.236 e. The number of aromatic nitrogens is 1. The molecule has 7 heteroatoms. The Morgan fingerprint density at radius 1 is 1.18 bits per heavy atom. The number of rotatable bonds is 7. The molecule has 0 unspecified atom stereocenters. The van der Waals surface area contributed by atoms with Crippen molar-refractivity contribution in [2.24, 2.45) is 5.92 Å². The molecular formula is C21H23N3O3S. The average molecular weight is 398 g/mol. The molecule has 0 spiro atoms. The lowest BCUT2D eigenvalue weighted by Gasteiger charge is -2.09. The average Bonchev–Trinajstić information content (AvgIpc) is 3.31. The van der Waals surface area contributed by atoms with Crippen LogP contribution in [0.5, 0.6) is 0 Å². The highest BCUT2D eigenvalue weighted by Crippen LogP contribution is 2.26. The van der Waals surface area contributed by atoms with Crippen LogP contribution in [0.2, 0.25) is 0 Å². The van der Waals surface area contributed by atoms with E-state index in [1.54, 1.807) is 11.3 Å². The molecule has 0 saturated heterocycles. The summed E-state index contributed by atoms with van der Waals surface area (Å²) in [6.07, 6.45) is 0.170.